The number of hydrogen-bond acceptors (Lipinski definition) is 3. The van der Waals surface area contributed by atoms with Crippen molar-refractivity contribution in [2.45, 2.75) is 6.04 Å². The van der Waals surface area contributed by atoms with Gasteiger partial charge in [-0.1, -0.05) is 0 Å². The maximum atomic E-state index is 12.4. The quantitative estimate of drug-likeness (QED) is 0.602. The molecule has 1 aromatic heterocycles. The van der Waals surface area contributed by atoms with Gasteiger partial charge in [0.1, 0.15) is 0 Å². The van der Waals surface area contributed by atoms with Gasteiger partial charge in [-0.15, -0.1) is 0 Å². The Labute approximate surface area is 63.7 Å². The Bertz CT molecular complexity index is 242. The number of hydrogen-bond donors (Lipinski definition) is 2. The summed E-state index contributed by atoms with van der Waals surface area (Å²) in [4.78, 5) is 3.35. The van der Waals surface area contributed by atoms with E-state index >= 15 is 0 Å². The molecule has 60 valence electrons. The number of nitrogens with two attached hydrogens (primary N) is 1. The molecular weight excluding hydrogens is 147 g/mol. The third-order valence-corrected chi connectivity index (χ3v) is 1.38. The van der Waals surface area contributed by atoms with E-state index in [0.717, 1.165) is 0 Å². The number of aliphatic hydroxyl groups is 1. The van der Waals surface area contributed by atoms with Crippen LogP contribution in [-0.4, -0.2) is 16.7 Å². The van der Waals surface area contributed by atoms with Crippen molar-refractivity contribution in [3.05, 3.63) is 29.8 Å². The fraction of sp³-hybridized carbons (Fsp3) is 0.286. The van der Waals surface area contributed by atoms with Crippen molar-refractivity contribution in [3.63, 3.8) is 0 Å². The maximum absolute atomic E-state index is 12.4. The fourth-order valence-electron chi connectivity index (χ4n) is 0.753. The summed E-state index contributed by atoms with van der Waals surface area (Å²) in [6.45, 7) is -0.191. The van der Waals surface area contributed by atoms with Crippen molar-refractivity contribution >= 4 is 0 Å². The Balaban J connectivity index is 2.86. The highest BCUT2D eigenvalue weighted by Gasteiger charge is 2.04. The molecule has 1 rings (SSSR count). The predicted molar refractivity (Wildman–Crippen MR) is 38.2 cm³/mol. The molecule has 0 saturated heterocycles. The molecule has 0 bridgehead atoms. The molecule has 3 N–H and O–H groups in total. The topological polar surface area (TPSA) is 59.1 Å². The Morgan fingerprint density at radius 2 is 2.45 bits per heavy atom. The molecule has 11 heavy (non-hydrogen) atoms. The Hall–Kier alpha value is -1.00. The highest BCUT2D eigenvalue weighted by Crippen LogP contribution is 2.08. The average Bonchev–Trinajstić information content (AvgIpc) is 2.03. The highest BCUT2D eigenvalue weighted by atomic mass is 19.1. The van der Waals surface area contributed by atoms with Crippen molar-refractivity contribution in [1.82, 2.24) is 4.98 Å². The van der Waals surface area contributed by atoms with Crippen molar-refractivity contribution < 1.29 is 9.50 Å². The van der Waals surface area contributed by atoms with Crippen molar-refractivity contribution in [3.8, 4) is 0 Å². The smallest absolute Gasteiger partial charge is 0.213 e. The largest absolute Gasteiger partial charge is 0.394 e. The minimum Gasteiger partial charge on any atom is -0.394 e. The van der Waals surface area contributed by atoms with Crippen LogP contribution >= 0.6 is 0 Å². The molecule has 1 heterocycles. The molecule has 0 saturated carbocycles. The molecule has 0 aromatic carbocycles. The molecule has 0 aliphatic carbocycles. The summed E-state index contributed by atoms with van der Waals surface area (Å²) in [7, 11) is 0. The first-order valence-electron chi connectivity index (χ1n) is 3.22. The molecule has 3 nitrogen and oxygen atoms in total. The second-order valence-corrected chi connectivity index (χ2v) is 2.20. The van der Waals surface area contributed by atoms with Crippen LogP contribution in [0.1, 0.15) is 11.6 Å². The first-order chi connectivity index (χ1) is 5.24. The van der Waals surface area contributed by atoms with Crippen LogP contribution in [0.2, 0.25) is 0 Å². The van der Waals surface area contributed by atoms with Crippen LogP contribution in [-0.2, 0) is 0 Å². The van der Waals surface area contributed by atoms with Gasteiger partial charge in [0.2, 0.25) is 5.95 Å². The van der Waals surface area contributed by atoms with E-state index in [1.54, 1.807) is 6.07 Å². The maximum Gasteiger partial charge on any atom is 0.213 e. The van der Waals surface area contributed by atoms with Gasteiger partial charge in [0.15, 0.2) is 0 Å². The summed E-state index contributed by atoms with van der Waals surface area (Å²) >= 11 is 0. The Morgan fingerprint density at radius 3 is 3.00 bits per heavy atom. The van der Waals surface area contributed by atoms with Gasteiger partial charge in [0.05, 0.1) is 12.6 Å². The van der Waals surface area contributed by atoms with Gasteiger partial charge in [-0.2, -0.15) is 4.39 Å². The van der Waals surface area contributed by atoms with Crippen molar-refractivity contribution in [2.24, 2.45) is 5.73 Å². The number of nitrogens with zero attached hydrogens (tertiary/aromatic N) is 1. The van der Waals surface area contributed by atoms with E-state index in [4.69, 9.17) is 10.8 Å². The van der Waals surface area contributed by atoms with Gasteiger partial charge in [-0.3, -0.25) is 0 Å². The summed E-state index contributed by atoms with van der Waals surface area (Å²) in [6, 6.07) is 2.26. The zero-order chi connectivity index (χ0) is 8.27. The van der Waals surface area contributed by atoms with Crippen LogP contribution in [0.15, 0.2) is 18.3 Å². The Morgan fingerprint density at radius 1 is 1.73 bits per heavy atom. The van der Waals surface area contributed by atoms with Gasteiger partial charge in [-0.25, -0.2) is 4.98 Å². The van der Waals surface area contributed by atoms with E-state index in [-0.39, 0.29) is 6.61 Å². The average molecular weight is 156 g/mol. The van der Waals surface area contributed by atoms with Gasteiger partial charge in [0, 0.05) is 6.20 Å². The molecule has 4 heteroatoms. The molecule has 0 aliphatic rings. The number of aliphatic hydroxyl groups excluding tert-OH is 1. The fourth-order valence-corrected chi connectivity index (χ4v) is 0.753. The Kier molecular flexibility index (Phi) is 2.51. The van der Waals surface area contributed by atoms with E-state index in [9.17, 15) is 4.39 Å². The monoisotopic (exact) mass is 156 g/mol. The molecular formula is C7H9FN2O. The molecule has 0 radical (unpaired) electrons. The van der Waals surface area contributed by atoms with Crippen LogP contribution in [0.4, 0.5) is 4.39 Å². The zero-order valence-corrected chi connectivity index (χ0v) is 5.87. The van der Waals surface area contributed by atoms with Crippen molar-refractivity contribution in [1.29, 1.82) is 0 Å². The molecule has 1 atom stereocenters. The second kappa shape index (κ2) is 3.41. The first kappa shape index (κ1) is 8.10. The predicted octanol–water partition coefficient (Wildman–Crippen LogP) is 0.213. The van der Waals surface area contributed by atoms with Gasteiger partial charge in [0.25, 0.3) is 0 Å². The minimum absolute atomic E-state index is 0.191. The van der Waals surface area contributed by atoms with E-state index in [0.29, 0.717) is 5.56 Å². The van der Waals surface area contributed by atoms with E-state index in [1.165, 1.54) is 12.3 Å². The van der Waals surface area contributed by atoms with Crippen molar-refractivity contribution in [2.75, 3.05) is 6.61 Å². The zero-order valence-electron chi connectivity index (χ0n) is 5.87. The SMILES string of the molecule is N[C@@H](CO)c1ccnc(F)c1. The molecule has 0 aliphatic heterocycles. The number of pyridine rings is 1. The number of aromatic nitrogens is 1. The highest BCUT2D eigenvalue weighted by molar-refractivity contribution is 5.14. The lowest BCUT2D eigenvalue weighted by Crippen LogP contribution is -2.14. The van der Waals surface area contributed by atoms with Crippen LogP contribution in [0.5, 0.6) is 0 Å². The normalized spacial score (nSPS) is 13.0. The molecule has 0 spiro atoms. The molecule has 0 amide bonds. The summed E-state index contributed by atoms with van der Waals surface area (Å²) in [6.07, 6.45) is 1.32. The van der Waals surface area contributed by atoms with Crippen LogP contribution in [0.25, 0.3) is 0 Å². The third-order valence-electron chi connectivity index (χ3n) is 1.38. The summed E-state index contributed by atoms with van der Waals surface area (Å²) in [5, 5.41) is 8.61. The van der Waals surface area contributed by atoms with Crippen LogP contribution in [0.3, 0.4) is 0 Å². The summed E-state index contributed by atoms with van der Waals surface area (Å²) in [5.41, 5.74) is 5.97. The summed E-state index contributed by atoms with van der Waals surface area (Å²) in [5.74, 6) is -0.577. The van der Waals surface area contributed by atoms with E-state index < -0.39 is 12.0 Å². The standard InChI is InChI=1S/C7H9FN2O/c8-7-3-5(1-2-10-7)6(9)4-11/h1-3,6,11H,4,9H2/t6-/m0/s1. The molecule has 0 fully saturated rings. The molecule has 1 aromatic rings. The van der Waals surface area contributed by atoms with E-state index in [1.807, 2.05) is 0 Å². The lowest BCUT2D eigenvalue weighted by atomic mass is 10.1. The van der Waals surface area contributed by atoms with Crippen LogP contribution < -0.4 is 5.73 Å². The van der Waals surface area contributed by atoms with Crippen LogP contribution in [0, 0.1) is 5.95 Å². The first-order valence-corrected chi connectivity index (χ1v) is 3.22. The lowest BCUT2D eigenvalue weighted by Gasteiger charge is -2.06. The van der Waals surface area contributed by atoms with Gasteiger partial charge in [-0.05, 0) is 17.7 Å². The van der Waals surface area contributed by atoms with E-state index in [2.05, 4.69) is 4.98 Å². The van der Waals surface area contributed by atoms with Gasteiger partial charge >= 0.3 is 0 Å². The minimum atomic E-state index is -0.577. The molecule has 0 unspecified atom stereocenters. The third kappa shape index (κ3) is 1.96. The van der Waals surface area contributed by atoms with Gasteiger partial charge < -0.3 is 10.8 Å². The summed E-state index contributed by atoms with van der Waals surface area (Å²) < 4.78 is 12.4. The second-order valence-electron chi connectivity index (χ2n) is 2.20. The number of rotatable bonds is 2. The lowest BCUT2D eigenvalue weighted by molar-refractivity contribution is 0.267. The number of halogens is 1.